The Kier molecular flexibility index (Phi) is 7.43. The molecule has 1 fully saturated rings. The van der Waals surface area contributed by atoms with Crippen LogP contribution in [-0.2, 0) is 16.1 Å². The number of amides is 3. The molecule has 236 valence electrons. The summed E-state index contributed by atoms with van der Waals surface area (Å²) in [5, 5.41) is 15.9. The number of carbonyl (C=O) groups is 3. The minimum absolute atomic E-state index is 0.0452. The fourth-order valence-corrected chi connectivity index (χ4v) is 6.06. The number of anilines is 1. The first-order valence-corrected chi connectivity index (χ1v) is 14.9. The summed E-state index contributed by atoms with van der Waals surface area (Å²) in [7, 11) is 0. The number of aromatic amines is 1. The molecule has 3 aromatic heterocycles. The van der Waals surface area contributed by atoms with Gasteiger partial charge in [0.1, 0.15) is 24.6 Å². The Bertz CT molecular complexity index is 2200. The van der Waals surface area contributed by atoms with E-state index in [0.29, 0.717) is 16.5 Å². The van der Waals surface area contributed by atoms with E-state index in [1.54, 1.807) is 36.5 Å². The van der Waals surface area contributed by atoms with E-state index in [9.17, 15) is 23.2 Å². The van der Waals surface area contributed by atoms with Crippen molar-refractivity contribution in [3.63, 3.8) is 0 Å². The SMILES string of the molecule is Cc1ccc2[nH]c(-c3ccc(F)c(NC(=O)C4CC(F)CN4C(=O)Cn4nc(C(N)=O)c5cc(-c6ccnnc6)ccc54)c3)cc2c1. The van der Waals surface area contributed by atoms with Crippen LogP contribution < -0.4 is 11.1 Å². The number of rotatable bonds is 7. The number of alkyl halides is 1. The van der Waals surface area contributed by atoms with Crippen LogP contribution in [0.5, 0.6) is 0 Å². The van der Waals surface area contributed by atoms with Gasteiger partial charge in [0.05, 0.1) is 30.1 Å². The molecule has 2 atom stereocenters. The number of primary amides is 1. The number of H-pyrrole nitrogens is 1. The molecule has 1 aliphatic rings. The van der Waals surface area contributed by atoms with Gasteiger partial charge < -0.3 is 20.9 Å². The van der Waals surface area contributed by atoms with E-state index in [1.165, 1.54) is 23.0 Å². The Morgan fingerprint density at radius 3 is 2.62 bits per heavy atom. The first kappa shape index (κ1) is 29.7. The molecular weight excluding hydrogens is 606 g/mol. The van der Waals surface area contributed by atoms with Crippen molar-refractivity contribution in [2.75, 3.05) is 11.9 Å². The van der Waals surface area contributed by atoms with Crippen LogP contribution in [0, 0.1) is 12.7 Å². The predicted molar refractivity (Wildman–Crippen MR) is 171 cm³/mol. The topological polar surface area (TPSA) is 152 Å². The van der Waals surface area contributed by atoms with Crippen molar-refractivity contribution >= 4 is 45.2 Å². The number of fused-ring (bicyclic) bond motifs is 2. The maximum absolute atomic E-state index is 14.9. The zero-order valence-electron chi connectivity index (χ0n) is 25.1. The Hall–Kier alpha value is -5.98. The second-order valence-electron chi connectivity index (χ2n) is 11.6. The Morgan fingerprint density at radius 2 is 1.83 bits per heavy atom. The van der Waals surface area contributed by atoms with Gasteiger partial charge in [-0.2, -0.15) is 15.3 Å². The lowest BCUT2D eigenvalue weighted by molar-refractivity contribution is -0.137. The van der Waals surface area contributed by atoms with E-state index >= 15 is 0 Å². The lowest BCUT2D eigenvalue weighted by atomic mass is 10.0. The third kappa shape index (κ3) is 5.67. The van der Waals surface area contributed by atoms with Crippen molar-refractivity contribution in [2.24, 2.45) is 5.73 Å². The number of aryl methyl sites for hydroxylation is 1. The average Bonchev–Trinajstić information content (AvgIpc) is 3.77. The molecule has 0 aliphatic carbocycles. The monoisotopic (exact) mass is 634 g/mol. The van der Waals surface area contributed by atoms with E-state index in [4.69, 9.17) is 5.73 Å². The highest BCUT2D eigenvalue weighted by Gasteiger charge is 2.40. The number of aromatic nitrogens is 5. The van der Waals surface area contributed by atoms with Crippen LogP contribution in [0.4, 0.5) is 14.5 Å². The number of likely N-dealkylation sites (tertiary alicyclic amines) is 1. The normalized spacial score (nSPS) is 16.2. The Morgan fingerprint density at radius 1 is 1.00 bits per heavy atom. The van der Waals surface area contributed by atoms with Gasteiger partial charge in [0.15, 0.2) is 5.69 Å². The minimum atomic E-state index is -1.47. The number of nitrogens with one attached hydrogen (secondary N) is 2. The maximum atomic E-state index is 14.9. The first-order valence-electron chi connectivity index (χ1n) is 14.9. The first-order chi connectivity index (χ1) is 22.6. The van der Waals surface area contributed by atoms with Gasteiger partial charge in [0.25, 0.3) is 5.91 Å². The number of benzene rings is 3. The molecule has 1 saturated heterocycles. The zero-order chi connectivity index (χ0) is 32.8. The summed E-state index contributed by atoms with van der Waals surface area (Å²) in [5.74, 6) is -2.79. The molecule has 6 aromatic rings. The quantitative estimate of drug-likeness (QED) is 0.230. The van der Waals surface area contributed by atoms with Crippen molar-refractivity contribution < 1.29 is 23.2 Å². The van der Waals surface area contributed by atoms with E-state index in [2.05, 4.69) is 25.6 Å². The highest BCUT2D eigenvalue weighted by atomic mass is 19.1. The van der Waals surface area contributed by atoms with Gasteiger partial charge in [0.2, 0.25) is 11.8 Å². The fourth-order valence-electron chi connectivity index (χ4n) is 6.06. The highest BCUT2D eigenvalue weighted by Crippen LogP contribution is 2.30. The maximum Gasteiger partial charge on any atom is 0.269 e. The van der Waals surface area contributed by atoms with Crippen LogP contribution in [0.25, 0.3) is 44.2 Å². The summed E-state index contributed by atoms with van der Waals surface area (Å²) in [6, 6.07) is 18.0. The van der Waals surface area contributed by atoms with Crippen molar-refractivity contribution in [1.82, 2.24) is 29.9 Å². The van der Waals surface area contributed by atoms with Crippen molar-refractivity contribution in [3.8, 4) is 22.4 Å². The smallest absolute Gasteiger partial charge is 0.269 e. The lowest BCUT2D eigenvalue weighted by Crippen LogP contribution is -2.44. The molecule has 4 N–H and O–H groups in total. The lowest BCUT2D eigenvalue weighted by Gasteiger charge is -2.24. The minimum Gasteiger partial charge on any atom is -0.364 e. The van der Waals surface area contributed by atoms with Gasteiger partial charge in [-0.1, -0.05) is 17.7 Å². The van der Waals surface area contributed by atoms with Gasteiger partial charge in [-0.15, -0.1) is 0 Å². The molecule has 13 heteroatoms. The van der Waals surface area contributed by atoms with Crippen molar-refractivity contribution in [3.05, 3.63) is 96.2 Å². The van der Waals surface area contributed by atoms with Crippen LogP contribution in [0.15, 0.2) is 79.1 Å². The standard InChI is InChI=1S/C34H28F2N8O3/c1-18-2-6-26-22(10-18)13-27(40-26)20-3-5-25(36)28(12-20)41-34(47)30-14-23(35)16-43(30)31(45)17-44-29-7-4-19(21-8-9-38-39-15-21)11-24(29)32(42-44)33(37)46/h2-13,15,23,30,40H,14,16-17H2,1H3,(H2,37,46)(H,41,47). The van der Waals surface area contributed by atoms with E-state index in [0.717, 1.165) is 38.2 Å². The summed E-state index contributed by atoms with van der Waals surface area (Å²) < 4.78 is 31.0. The second kappa shape index (κ2) is 11.7. The van der Waals surface area contributed by atoms with E-state index < -0.39 is 35.8 Å². The molecule has 0 radical (unpaired) electrons. The summed E-state index contributed by atoms with van der Waals surface area (Å²) in [6.07, 6.45) is 1.38. The summed E-state index contributed by atoms with van der Waals surface area (Å²) in [4.78, 5) is 43.7. The predicted octanol–water partition coefficient (Wildman–Crippen LogP) is 4.77. The van der Waals surface area contributed by atoms with E-state index in [-0.39, 0.29) is 30.9 Å². The molecule has 1 aliphatic heterocycles. The number of hydrogen-bond donors (Lipinski definition) is 3. The van der Waals surface area contributed by atoms with Crippen LogP contribution in [0.3, 0.4) is 0 Å². The summed E-state index contributed by atoms with van der Waals surface area (Å²) in [6.45, 7) is 1.28. The highest BCUT2D eigenvalue weighted by molar-refractivity contribution is 6.05. The van der Waals surface area contributed by atoms with Gasteiger partial charge in [-0.25, -0.2) is 8.78 Å². The van der Waals surface area contributed by atoms with Gasteiger partial charge in [-0.3, -0.25) is 19.1 Å². The van der Waals surface area contributed by atoms with Gasteiger partial charge >= 0.3 is 0 Å². The number of hydrogen-bond acceptors (Lipinski definition) is 6. The molecule has 2 unspecified atom stereocenters. The molecule has 3 amide bonds. The average molecular weight is 635 g/mol. The number of halogens is 2. The van der Waals surface area contributed by atoms with Gasteiger partial charge in [-0.05, 0) is 67.1 Å². The number of carbonyl (C=O) groups excluding carboxylic acids is 3. The van der Waals surface area contributed by atoms with Crippen LogP contribution in [0.2, 0.25) is 0 Å². The fraction of sp³-hybridized carbons (Fsp3) is 0.176. The Labute approximate surface area is 266 Å². The second-order valence-corrected chi connectivity index (χ2v) is 11.6. The van der Waals surface area contributed by atoms with Crippen LogP contribution in [0.1, 0.15) is 22.5 Å². The summed E-state index contributed by atoms with van der Waals surface area (Å²) >= 11 is 0. The molecule has 0 saturated carbocycles. The van der Waals surface area contributed by atoms with Crippen molar-refractivity contribution in [1.29, 1.82) is 0 Å². The Balaban J connectivity index is 1.12. The molecule has 11 nitrogen and oxygen atoms in total. The third-order valence-corrected chi connectivity index (χ3v) is 8.37. The third-order valence-electron chi connectivity index (χ3n) is 8.37. The molecule has 7 rings (SSSR count). The molecular formula is C34H28F2N8O3. The molecule has 47 heavy (non-hydrogen) atoms. The number of nitrogens with zero attached hydrogens (tertiary/aromatic N) is 5. The van der Waals surface area contributed by atoms with Gasteiger partial charge in [0, 0.05) is 39.5 Å². The number of nitrogens with two attached hydrogens (primary N) is 1. The zero-order valence-corrected chi connectivity index (χ0v) is 25.1. The molecule has 4 heterocycles. The molecule has 3 aromatic carbocycles. The molecule has 0 bridgehead atoms. The van der Waals surface area contributed by atoms with Crippen molar-refractivity contribution in [2.45, 2.75) is 32.1 Å². The van der Waals surface area contributed by atoms with E-state index in [1.807, 2.05) is 31.2 Å². The van der Waals surface area contributed by atoms with Crippen LogP contribution >= 0.6 is 0 Å². The summed E-state index contributed by atoms with van der Waals surface area (Å²) in [5.41, 5.74) is 10.8. The largest absolute Gasteiger partial charge is 0.364 e. The molecule has 0 spiro atoms. The van der Waals surface area contributed by atoms with Crippen LogP contribution in [-0.4, -0.2) is 66.3 Å².